The highest BCUT2D eigenvalue weighted by Crippen LogP contribution is 2.41. The van der Waals surface area contributed by atoms with Crippen molar-refractivity contribution in [1.82, 2.24) is 0 Å². The van der Waals surface area contributed by atoms with E-state index in [0.717, 1.165) is 24.8 Å². The Kier molecular flexibility index (Phi) is 2.43. The third-order valence-corrected chi connectivity index (χ3v) is 3.27. The molecular formula is C12H16FNO. The number of nitrogens with two attached hydrogens (primary N) is 1. The van der Waals surface area contributed by atoms with Crippen molar-refractivity contribution in [2.75, 3.05) is 7.11 Å². The number of methoxy groups -OCH3 is 1. The second kappa shape index (κ2) is 3.49. The third-order valence-electron chi connectivity index (χ3n) is 3.27. The molecule has 0 bridgehead atoms. The Morgan fingerprint density at radius 2 is 2.07 bits per heavy atom. The van der Waals surface area contributed by atoms with E-state index in [2.05, 4.69) is 0 Å². The van der Waals surface area contributed by atoms with Crippen LogP contribution < -0.4 is 10.5 Å². The maximum atomic E-state index is 13.8. The Morgan fingerprint density at radius 1 is 1.40 bits per heavy atom. The van der Waals surface area contributed by atoms with Crippen molar-refractivity contribution in [2.24, 2.45) is 5.73 Å². The maximum absolute atomic E-state index is 13.8. The first kappa shape index (κ1) is 10.4. The highest BCUT2D eigenvalue weighted by molar-refractivity contribution is 5.41. The molecule has 1 aromatic carbocycles. The molecule has 1 saturated carbocycles. The molecule has 2 N–H and O–H groups in total. The van der Waals surface area contributed by atoms with Gasteiger partial charge in [-0.05, 0) is 37.8 Å². The Morgan fingerprint density at radius 3 is 2.53 bits per heavy atom. The lowest BCUT2D eigenvalue weighted by molar-refractivity contribution is 0.244. The van der Waals surface area contributed by atoms with Crippen LogP contribution in [0.15, 0.2) is 12.1 Å². The summed E-state index contributed by atoms with van der Waals surface area (Å²) in [5.74, 6) is 0.332. The van der Waals surface area contributed by atoms with E-state index in [0.29, 0.717) is 11.3 Å². The van der Waals surface area contributed by atoms with Gasteiger partial charge in [0.15, 0.2) is 0 Å². The van der Waals surface area contributed by atoms with E-state index in [9.17, 15) is 4.39 Å². The first-order valence-corrected chi connectivity index (χ1v) is 5.20. The molecule has 0 radical (unpaired) electrons. The van der Waals surface area contributed by atoms with Crippen molar-refractivity contribution in [2.45, 2.75) is 31.7 Å². The molecule has 82 valence electrons. The van der Waals surface area contributed by atoms with Crippen LogP contribution in [-0.4, -0.2) is 7.11 Å². The minimum Gasteiger partial charge on any atom is -0.496 e. The van der Waals surface area contributed by atoms with Crippen LogP contribution in [0.5, 0.6) is 5.75 Å². The number of aryl methyl sites for hydroxylation is 1. The molecule has 1 aliphatic rings. The van der Waals surface area contributed by atoms with E-state index in [1.54, 1.807) is 7.11 Å². The minimum atomic E-state index is -0.443. The van der Waals surface area contributed by atoms with Crippen LogP contribution in [0.1, 0.15) is 30.4 Å². The summed E-state index contributed by atoms with van der Waals surface area (Å²) in [5.41, 5.74) is 7.23. The number of benzene rings is 1. The summed E-state index contributed by atoms with van der Waals surface area (Å²) in [6, 6.07) is 3.24. The van der Waals surface area contributed by atoms with Gasteiger partial charge in [-0.15, -0.1) is 0 Å². The molecule has 15 heavy (non-hydrogen) atoms. The summed E-state index contributed by atoms with van der Waals surface area (Å²) in [7, 11) is 1.54. The topological polar surface area (TPSA) is 35.2 Å². The van der Waals surface area contributed by atoms with E-state index >= 15 is 0 Å². The van der Waals surface area contributed by atoms with Crippen molar-refractivity contribution >= 4 is 0 Å². The molecule has 0 heterocycles. The van der Waals surface area contributed by atoms with Gasteiger partial charge < -0.3 is 10.5 Å². The zero-order valence-electron chi connectivity index (χ0n) is 9.14. The van der Waals surface area contributed by atoms with Crippen molar-refractivity contribution in [3.05, 3.63) is 29.1 Å². The van der Waals surface area contributed by atoms with Gasteiger partial charge in [-0.25, -0.2) is 4.39 Å². The Balaban J connectivity index is 2.45. The zero-order chi connectivity index (χ0) is 11.1. The Bertz CT molecular complexity index is 385. The predicted molar refractivity (Wildman–Crippen MR) is 57.4 cm³/mol. The van der Waals surface area contributed by atoms with E-state index in [-0.39, 0.29) is 5.82 Å². The number of ether oxygens (including phenoxy) is 1. The SMILES string of the molecule is COc1cc(F)c(C2(N)CCC2)cc1C. The lowest BCUT2D eigenvalue weighted by Crippen LogP contribution is -2.44. The second-order valence-electron chi connectivity index (χ2n) is 4.31. The van der Waals surface area contributed by atoms with Crippen molar-refractivity contribution in [1.29, 1.82) is 0 Å². The molecule has 0 spiro atoms. The first-order chi connectivity index (χ1) is 7.07. The molecule has 2 rings (SSSR count). The van der Waals surface area contributed by atoms with Gasteiger partial charge in [0.05, 0.1) is 7.11 Å². The summed E-state index contributed by atoms with van der Waals surface area (Å²) in [5, 5.41) is 0. The Labute approximate surface area is 89.2 Å². The van der Waals surface area contributed by atoms with Gasteiger partial charge in [-0.2, -0.15) is 0 Å². The fraction of sp³-hybridized carbons (Fsp3) is 0.500. The second-order valence-corrected chi connectivity index (χ2v) is 4.31. The maximum Gasteiger partial charge on any atom is 0.131 e. The van der Waals surface area contributed by atoms with Crippen LogP contribution in [0.4, 0.5) is 4.39 Å². The normalized spacial score (nSPS) is 18.4. The molecule has 0 saturated heterocycles. The van der Waals surface area contributed by atoms with E-state index < -0.39 is 5.54 Å². The van der Waals surface area contributed by atoms with Gasteiger partial charge in [0.1, 0.15) is 11.6 Å². The minimum absolute atomic E-state index is 0.250. The van der Waals surface area contributed by atoms with Crippen LogP contribution in [-0.2, 0) is 5.54 Å². The molecule has 0 aromatic heterocycles. The highest BCUT2D eigenvalue weighted by atomic mass is 19.1. The smallest absolute Gasteiger partial charge is 0.131 e. The molecule has 0 unspecified atom stereocenters. The molecule has 1 aromatic rings. The zero-order valence-corrected chi connectivity index (χ0v) is 9.14. The van der Waals surface area contributed by atoms with Gasteiger partial charge in [-0.1, -0.05) is 0 Å². The molecule has 1 fully saturated rings. The summed E-state index contributed by atoms with van der Waals surface area (Å²) in [6.45, 7) is 1.91. The lowest BCUT2D eigenvalue weighted by Gasteiger charge is -2.39. The first-order valence-electron chi connectivity index (χ1n) is 5.20. The van der Waals surface area contributed by atoms with Crippen LogP contribution in [0.25, 0.3) is 0 Å². The van der Waals surface area contributed by atoms with Gasteiger partial charge in [0.25, 0.3) is 0 Å². The van der Waals surface area contributed by atoms with Gasteiger partial charge in [0, 0.05) is 17.2 Å². The quantitative estimate of drug-likeness (QED) is 0.812. The van der Waals surface area contributed by atoms with Crippen molar-refractivity contribution in [3.8, 4) is 5.75 Å². The monoisotopic (exact) mass is 209 g/mol. The highest BCUT2D eigenvalue weighted by Gasteiger charge is 2.36. The van der Waals surface area contributed by atoms with Crippen LogP contribution in [0.2, 0.25) is 0 Å². The van der Waals surface area contributed by atoms with Crippen LogP contribution in [0.3, 0.4) is 0 Å². The average molecular weight is 209 g/mol. The average Bonchev–Trinajstić information content (AvgIpc) is 2.17. The molecule has 1 aliphatic carbocycles. The fourth-order valence-electron chi connectivity index (χ4n) is 2.09. The number of halogens is 1. The lowest BCUT2D eigenvalue weighted by atomic mass is 9.72. The largest absolute Gasteiger partial charge is 0.496 e. The summed E-state index contributed by atoms with van der Waals surface area (Å²) >= 11 is 0. The fourth-order valence-corrected chi connectivity index (χ4v) is 2.09. The summed E-state index contributed by atoms with van der Waals surface area (Å²) in [4.78, 5) is 0. The Hall–Kier alpha value is -1.09. The molecule has 3 heteroatoms. The van der Waals surface area contributed by atoms with E-state index in [4.69, 9.17) is 10.5 Å². The van der Waals surface area contributed by atoms with Gasteiger partial charge in [0.2, 0.25) is 0 Å². The molecule has 0 amide bonds. The van der Waals surface area contributed by atoms with Crippen LogP contribution >= 0.6 is 0 Å². The molecule has 2 nitrogen and oxygen atoms in total. The van der Waals surface area contributed by atoms with Gasteiger partial charge >= 0.3 is 0 Å². The summed E-state index contributed by atoms with van der Waals surface area (Å²) < 4.78 is 18.8. The number of rotatable bonds is 2. The molecular weight excluding hydrogens is 193 g/mol. The van der Waals surface area contributed by atoms with Crippen LogP contribution in [0, 0.1) is 12.7 Å². The van der Waals surface area contributed by atoms with Gasteiger partial charge in [-0.3, -0.25) is 0 Å². The molecule has 0 atom stereocenters. The number of hydrogen-bond acceptors (Lipinski definition) is 2. The predicted octanol–water partition coefficient (Wildman–Crippen LogP) is 2.48. The van der Waals surface area contributed by atoms with E-state index in [1.165, 1.54) is 6.07 Å². The van der Waals surface area contributed by atoms with Crippen molar-refractivity contribution in [3.63, 3.8) is 0 Å². The standard InChI is InChI=1S/C12H16FNO/c1-8-6-9(12(14)4-3-5-12)10(13)7-11(8)15-2/h6-7H,3-5,14H2,1-2H3. The summed E-state index contributed by atoms with van der Waals surface area (Å²) in [6.07, 6.45) is 2.83. The van der Waals surface area contributed by atoms with E-state index in [1.807, 2.05) is 13.0 Å². The molecule has 0 aliphatic heterocycles. The third kappa shape index (κ3) is 1.61. The number of hydrogen-bond donors (Lipinski definition) is 1. The van der Waals surface area contributed by atoms with Crippen molar-refractivity contribution < 1.29 is 9.13 Å².